The summed E-state index contributed by atoms with van der Waals surface area (Å²) in [5.41, 5.74) is 3.37. The van der Waals surface area contributed by atoms with Gasteiger partial charge in [-0.25, -0.2) is 0 Å². The van der Waals surface area contributed by atoms with Gasteiger partial charge in [0.1, 0.15) is 0 Å². The molecule has 88 valence electrons. The predicted molar refractivity (Wildman–Crippen MR) is 69.2 cm³/mol. The summed E-state index contributed by atoms with van der Waals surface area (Å²) in [6.45, 7) is 2.01. The van der Waals surface area contributed by atoms with Crippen molar-refractivity contribution in [3.05, 3.63) is 47.2 Å². The number of rotatable bonds is 3. The second-order valence-corrected chi connectivity index (χ2v) is 4.62. The Hall–Kier alpha value is -1.75. The summed E-state index contributed by atoms with van der Waals surface area (Å²) >= 11 is 0. The van der Waals surface area contributed by atoms with Crippen LogP contribution in [0, 0.1) is 11.3 Å². The first-order chi connectivity index (χ1) is 8.29. The van der Waals surface area contributed by atoms with Crippen molar-refractivity contribution in [2.45, 2.75) is 38.6 Å². The van der Waals surface area contributed by atoms with Crippen LogP contribution in [0.4, 0.5) is 0 Å². The van der Waals surface area contributed by atoms with Gasteiger partial charge in [-0.05, 0) is 38.2 Å². The van der Waals surface area contributed by atoms with Crippen LogP contribution in [0.2, 0.25) is 0 Å². The van der Waals surface area contributed by atoms with Crippen molar-refractivity contribution in [3.63, 3.8) is 0 Å². The van der Waals surface area contributed by atoms with Gasteiger partial charge in [0, 0.05) is 17.3 Å². The third-order valence-corrected chi connectivity index (χ3v) is 3.38. The molecule has 0 unspecified atom stereocenters. The van der Waals surface area contributed by atoms with E-state index in [1.54, 1.807) is 0 Å². The van der Waals surface area contributed by atoms with Crippen LogP contribution in [0.3, 0.4) is 0 Å². The summed E-state index contributed by atoms with van der Waals surface area (Å²) in [5, 5.41) is 12.4. The van der Waals surface area contributed by atoms with Gasteiger partial charge in [0.15, 0.2) is 0 Å². The van der Waals surface area contributed by atoms with Crippen molar-refractivity contribution in [1.29, 1.82) is 5.26 Å². The van der Waals surface area contributed by atoms with Gasteiger partial charge in [0.25, 0.3) is 0 Å². The summed E-state index contributed by atoms with van der Waals surface area (Å²) in [6.07, 6.45) is 4.25. The van der Waals surface area contributed by atoms with Gasteiger partial charge in [-0.1, -0.05) is 30.3 Å². The lowest BCUT2D eigenvalue weighted by Crippen LogP contribution is -2.32. The molecule has 2 heteroatoms. The second-order valence-electron chi connectivity index (χ2n) is 4.62. The molecule has 0 aliphatic carbocycles. The molecule has 0 bridgehead atoms. The maximum Gasteiger partial charge on any atom is 0.0965 e. The van der Waals surface area contributed by atoms with Crippen LogP contribution in [-0.4, -0.2) is 6.04 Å². The van der Waals surface area contributed by atoms with Gasteiger partial charge in [-0.2, -0.15) is 5.26 Å². The van der Waals surface area contributed by atoms with E-state index < -0.39 is 0 Å². The molecule has 0 amide bonds. The van der Waals surface area contributed by atoms with E-state index in [9.17, 15) is 0 Å². The van der Waals surface area contributed by atoms with Gasteiger partial charge in [-0.15, -0.1) is 0 Å². The van der Waals surface area contributed by atoms with Crippen LogP contribution >= 0.6 is 0 Å². The first-order valence-corrected chi connectivity index (χ1v) is 6.20. The molecule has 0 saturated carbocycles. The molecule has 0 spiro atoms. The second kappa shape index (κ2) is 5.54. The lowest BCUT2D eigenvalue weighted by molar-refractivity contribution is 0.468. The fourth-order valence-corrected chi connectivity index (χ4v) is 2.31. The zero-order valence-electron chi connectivity index (χ0n) is 10.2. The smallest absolute Gasteiger partial charge is 0.0965 e. The average molecular weight is 226 g/mol. The highest BCUT2D eigenvalue weighted by Crippen LogP contribution is 2.20. The van der Waals surface area contributed by atoms with Crippen molar-refractivity contribution >= 4 is 0 Å². The lowest BCUT2D eigenvalue weighted by Gasteiger charge is -2.25. The molecule has 1 aromatic rings. The lowest BCUT2D eigenvalue weighted by atomic mass is 9.95. The van der Waals surface area contributed by atoms with Crippen LogP contribution < -0.4 is 5.32 Å². The third-order valence-electron chi connectivity index (χ3n) is 3.38. The molecule has 2 rings (SSSR count). The molecule has 1 aliphatic rings. The minimum atomic E-state index is 0.521. The number of allylic oxidation sites excluding steroid dienone is 2. The number of hydrogen-bond donors (Lipinski definition) is 1. The largest absolute Gasteiger partial charge is 0.385 e. The predicted octanol–water partition coefficient (Wildman–Crippen LogP) is 3.17. The van der Waals surface area contributed by atoms with Crippen LogP contribution in [-0.2, 0) is 6.42 Å². The molecule has 1 aliphatic heterocycles. The number of nitrogens with zero attached hydrogens (tertiary/aromatic N) is 1. The molecule has 1 heterocycles. The van der Waals surface area contributed by atoms with Crippen LogP contribution in [0.25, 0.3) is 0 Å². The Balaban J connectivity index is 1.87. The highest BCUT2D eigenvalue weighted by Gasteiger charge is 2.17. The average Bonchev–Trinajstić information content (AvgIpc) is 2.38. The quantitative estimate of drug-likeness (QED) is 0.859. The first-order valence-electron chi connectivity index (χ1n) is 6.20. The summed E-state index contributed by atoms with van der Waals surface area (Å²) < 4.78 is 0. The fourth-order valence-electron chi connectivity index (χ4n) is 2.31. The van der Waals surface area contributed by atoms with E-state index in [2.05, 4.69) is 41.7 Å². The van der Waals surface area contributed by atoms with E-state index in [0.717, 1.165) is 37.0 Å². The Morgan fingerprint density at radius 2 is 2.12 bits per heavy atom. The van der Waals surface area contributed by atoms with Crippen LogP contribution in [0.5, 0.6) is 0 Å². The Kier molecular flexibility index (Phi) is 3.82. The van der Waals surface area contributed by atoms with Crippen molar-refractivity contribution in [3.8, 4) is 6.07 Å². The molecule has 1 aromatic carbocycles. The summed E-state index contributed by atoms with van der Waals surface area (Å²) in [6, 6.07) is 13.4. The summed E-state index contributed by atoms with van der Waals surface area (Å²) in [5.74, 6) is 0. The number of aryl methyl sites for hydroxylation is 1. The van der Waals surface area contributed by atoms with Gasteiger partial charge in [-0.3, -0.25) is 0 Å². The molecular formula is C15H18N2. The zero-order chi connectivity index (χ0) is 12.1. The van der Waals surface area contributed by atoms with Crippen molar-refractivity contribution < 1.29 is 0 Å². The summed E-state index contributed by atoms with van der Waals surface area (Å²) in [7, 11) is 0. The van der Waals surface area contributed by atoms with Gasteiger partial charge < -0.3 is 5.32 Å². The minimum absolute atomic E-state index is 0.521. The normalized spacial score (nSPS) is 19.6. The molecule has 0 fully saturated rings. The summed E-state index contributed by atoms with van der Waals surface area (Å²) in [4.78, 5) is 0. The van der Waals surface area contributed by atoms with E-state index in [0.29, 0.717) is 6.04 Å². The van der Waals surface area contributed by atoms with Crippen molar-refractivity contribution in [1.82, 2.24) is 5.32 Å². The maximum absolute atomic E-state index is 8.91. The van der Waals surface area contributed by atoms with E-state index in [1.165, 1.54) is 5.56 Å². The van der Waals surface area contributed by atoms with Gasteiger partial charge in [0.05, 0.1) is 6.07 Å². The fraction of sp³-hybridized carbons (Fsp3) is 0.400. The maximum atomic E-state index is 8.91. The van der Waals surface area contributed by atoms with Crippen LogP contribution in [0.1, 0.15) is 31.7 Å². The Labute approximate surface area is 103 Å². The molecule has 0 aromatic heterocycles. The molecular weight excluding hydrogens is 208 g/mol. The number of nitriles is 1. The van der Waals surface area contributed by atoms with Crippen molar-refractivity contribution in [2.75, 3.05) is 0 Å². The van der Waals surface area contributed by atoms with Crippen molar-refractivity contribution in [2.24, 2.45) is 0 Å². The van der Waals surface area contributed by atoms with E-state index in [4.69, 9.17) is 5.26 Å². The molecule has 0 radical (unpaired) electrons. The highest BCUT2D eigenvalue weighted by molar-refractivity contribution is 5.28. The number of benzene rings is 1. The van der Waals surface area contributed by atoms with Crippen LogP contribution in [0.15, 0.2) is 41.6 Å². The Morgan fingerprint density at radius 3 is 2.76 bits per heavy atom. The molecule has 0 saturated heterocycles. The zero-order valence-corrected chi connectivity index (χ0v) is 10.2. The minimum Gasteiger partial charge on any atom is -0.385 e. The van der Waals surface area contributed by atoms with E-state index >= 15 is 0 Å². The molecule has 1 N–H and O–H groups in total. The van der Waals surface area contributed by atoms with Gasteiger partial charge >= 0.3 is 0 Å². The standard InChI is InChI=1S/C15H18N2/c1-12-14(11-16)8-10-15(17-12)9-7-13-5-3-2-4-6-13/h2-6,15,17H,7-10H2,1H3/t15-/m1/s1. The Bertz CT molecular complexity index is 440. The molecule has 1 atom stereocenters. The third kappa shape index (κ3) is 3.10. The first kappa shape index (κ1) is 11.7. The topological polar surface area (TPSA) is 35.8 Å². The Morgan fingerprint density at radius 1 is 1.35 bits per heavy atom. The molecule has 2 nitrogen and oxygen atoms in total. The number of hydrogen-bond acceptors (Lipinski definition) is 2. The van der Waals surface area contributed by atoms with E-state index in [1.807, 2.05) is 6.92 Å². The molecule has 17 heavy (non-hydrogen) atoms. The highest BCUT2D eigenvalue weighted by atomic mass is 14.9. The van der Waals surface area contributed by atoms with E-state index in [-0.39, 0.29) is 0 Å². The monoisotopic (exact) mass is 226 g/mol. The number of nitrogens with one attached hydrogen (secondary N) is 1. The van der Waals surface area contributed by atoms with Gasteiger partial charge in [0.2, 0.25) is 0 Å². The SMILES string of the molecule is CC1=C(C#N)CC[C@@H](CCc2ccccc2)N1.